The third kappa shape index (κ3) is 1.92. The van der Waals surface area contributed by atoms with Crippen LogP contribution in [0.1, 0.15) is 48.6 Å². The summed E-state index contributed by atoms with van der Waals surface area (Å²) in [7, 11) is 0. The van der Waals surface area contributed by atoms with Crippen molar-refractivity contribution in [3.63, 3.8) is 0 Å². The Balaban J connectivity index is 1.41. The highest BCUT2D eigenvalue weighted by molar-refractivity contribution is 5.80. The lowest BCUT2D eigenvalue weighted by Crippen LogP contribution is -2.26. The Morgan fingerprint density at radius 3 is 3.11 bits per heavy atom. The van der Waals surface area contributed by atoms with Gasteiger partial charge in [-0.2, -0.15) is 0 Å². The molecule has 0 bridgehead atoms. The number of nitrogens with one attached hydrogen (secondary N) is 1. The van der Waals surface area contributed by atoms with E-state index in [1.54, 1.807) is 0 Å². The first kappa shape index (κ1) is 11.3. The highest BCUT2D eigenvalue weighted by Crippen LogP contribution is 2.50. The summed E-state index contributed by atoms with van der Waals surface area (Å²) in [4.78, 5) is 11.6. The molecule has 19 heavy (non-hydrogen) atoms. The van der Waals surface area contributed by atoms with E-state index in [1.165, 1.54) is 17.5 Å². The predicted molar refractivity (Wildman–Crippen MR) is 72.4 cm³/mol. The molecule has 100 valence electrons. The van der Waals surface area contributed by atoms with Gasteiger partial charge < -0.3 is 10.1 Å². The fourth-order valence-corrected chi connectivity index (χ4v) is 3.54. The van der Waals surface area contributed by atoms with Gasteiger partial charge in [0.05, 0.1) is 6.61 Å². The molecule has 1 aromatic carbocycles. The maximum atomic E-state index is 11.6. The number of carbonyl (C=O) groups excluding carboxylic acids is 1. The van der Waals surface area contributed by atoms with Crippen LogP contribution in [0.15, 0.2) is 18.2 Å². The van der Waals surface area contributed by atoms with E-state index in [0.717, 1.165) is 38.2 Å². The number of hydrogen-bond donors (Lipinski definition) is 1. The van der Waals surface area contributed by atoms with Gasteiger partial charge in [-0.15, -0.1) is 0 Å². The second-order valence-electron chi connectivity index (χ2n) is 6.05. The summed E-state index contributed by atoms with van der Waals surface area (Å²) in [6.45, 7) is 1.66. The lowest BCUT2D eigenvalue weighted by Gasteiger charge is -2.14. The number of ether oxygens (including phenoxy) is 1. The lowest BCUT2D eigenvalue weighted by molar-refractivity contribution is -0.122. The third-order valence-electron chi connectivity index (χ3n) is 4.70. The van der Waals surface area contributed by atoms with Gasteiger partial charge in [-0.3, -0.25) is 4.79 Å². The third-order valence-corrected chi connectivity index (χ3v) is 4.70. The first-order valence-corrected chi connectivity index (χ1v) is 7.36. The van der Waals surface area contributed by atoms with Crippen molar-refractivity contribution in [3.8, 4) is 5.75 Å². The molecule has 1 heterocycles. The molecule has 1 amide bonds. The predicted octanol–water partition coefficient (Wildman–Crippen LogP) is 2.57. The number of carbonyl (C=O) groups is 1. The SMILES string of the molecule is O=C(NCCC1CC2COc3cccc1c32)C1CC1. The van der Waals surface area contributed by atoms with Crippen molar-refractivity contribution in [1.82, 2.24) is 5.32 Å². The van der Waals surface area contributed by atoms with Gasteiger partial charge in [0.15, 0.2) is 0 Å². The zero-order valence-corrected chi connectivity index (χ0v) is 11.0. The van der Waals surface area contributed by atoms with Crippen LogP contribution in [0.3, 0.4) is 0 Å². The molecule has 0 spiro atoms. The molecule has 0 radical (unpaired) electrons. The largest absolute Gasteiger partial charge is 0.493 e. The quantitative estimate of drug-likeness (QED) is 0.900. The summed E-state index contributed by atoms with van der Waals surface area (Å²) >= 11 is 0. The summed E-state index contributed by atoms with van der Waals surface area (Å²) in [6.07, 6.45) is 4.42. The molecule has 3 heteroatoms. The number of benzene rings is 1. The Morgan fingerprint density at radius 1 is 1.37 bits per heavy atom. The van der Waals surface area contributed by atoms with E-state index in [2.05, 4.69) is 23.5 Å². The summed E-state index contributed by atoms with van der Waals surface area (Å²) in [5.41, 5.74) is 2.90. The smallest absolute Gasteiger partial charge is 0.223 e. The van der Waals surface area contributed by atoms with E-state index < -0.39 is 0 Å². The number of rotatable bonds is 4. The van der Waals surface area contributed by atoms with Crippen molar-refractivity contribution in [2.45, 2.75) is 37.5 Å². The van der Waals surface area contributed by atoms with E-state index >= 15 is 0 Å². The van der Waals surface area contributed by atoms with E-state index in [4.69, 9.17) is 4.74 Å². The first-order valence-electron chi connectivity index (χ1n) is 7.36. The van der Waals surface area contributed by atoms with Crippen molar-refractivity contribution in [2.24, 2.45) is 5.92 Å². The molecule has 1 aromatic rings. The Kier molecular flexibility index (Phi) is 2.54. The van der Waals surface area contributed by atoms with Crippen molar-refractivity contribution >= 4 is 5.91 Å². The monoisotopic (exact) mass is 257 g/mol. The van der Waals surface area contributed by atoms with Gasteiger partial charge in [-0.25, -0.2) is 0 Å². The van der Waals surface area contributed by atoms with Crippen LogP contribution >= 0.6 is 0 Å². The summed E-state index contributed by atoms with van der Waals surface area (Å²) in [6, 6.07) is 6.41. The van der Waals surface area contributed by atoms with Crippen molar-refractivity contribution in [1.29, 1.82) is 0 Å². The maximum Gasteiger partial charge on any atom is 0.223 e. The summed E-state index contributed by atoms with van der Waals surface area (Å²) in [5, 5.41) is 3.08. The fourth-order valence-electron chi connectivity index (χ4n) is 3.54. The molecule has 2 atom stereocenters. The van der Waals surface area contributed by atoms with Crippen molar-refractivity contribution in [2.75, 3.05) is 13.2 Å². The van der Waals surface area contributed by atoms with Gasteiger partial charge in [0.25, 0.3) is 0 Å². The van der Waals surface area contributed by atoms with Gasteiger partial charge in [0, 0.05) is 23.9 Å². The van der Waals surface area contributed by atoms with Crippen LogP contribution in [0.25, 0.3) is 0 Å². The van der Waals surface area contributed by atoms with Crippen molar-refractivity contribution < 1.29 is 9.53 Å². The van der Waals surface area contributed by atoms with Crippen LogP contribution in [0.2, 0.25) is 0 Å². The summed E-state index contributed by atoms with van der Waals surface area (Å²) in [5.74, 6) is 2.87. The molecule has 1 fully saturated rings. The standard InChI is InChI=1S/C16H19NO2/c18-16(10-4-5-10)17-7-6-11-8-12-9-19-14-3-1-2-13(11)15(12)14/h1-3,10-12H,4-9H2,(H,17,18). The van der Waals surface area contributed by atoms with Gasteiger partial charge in [0.2, 0.25) is 5.91 Å². The molecular weight excluding hydrogens is 238 g/mol. The van der Waals surface area contributed by atoms with E-state index in [1.807, 2.05) is 0 Å². The van der Waals surface area contributed by atoms with Gasteiger partial charge in [-0.1, -0.05) is 12.1 Å². The van der Waals surface area contributed by atoms with Crippen LogP contribution in [-0.2, 0) is 4.79 Å². The summed E-state index contributed by atoms with van der Waals surface area (Å²) < 4.78 is 5.70. The Hall–Kier alpha value is -1.51. The average molecular weight is 257 g/mol. The minimum absolute atomic E-state index is 0.263. The van der Waals surface area contributed by atoms with Crippen LogP contribution in [-0.4, -0.2) is 19.1 Å². The fraction of sp³-hybridized carbons (Fsp3) is 0.562. The molecule has 3 aliphatic rings. The Morgan fingerprint density at radius 2 is 2.26 bits per heavy atom. The van der Waals surface area contributed by atoms with E-state index in [0.29, 0.717) is 17.8 Å². The molecule has 2 unspecified atom stereocenters. The second kappa shape index (κ2) is 4.26. The lowest BCUT2D eigenvalue weighted by atomic mass is 9.97. The van der Waals surface area contributed by atoms with Crippen molar-refractivity contribution in [3.05, 3.63) is 29.3 Å². The van der Waals surface area contributed by atoms with E-state index in [9.17, 15) is 4.79 Å². The zero-order chi connectivity index (χ0) is 12.8. The van der Waals surface area contributed by atoms with Crippen LogP contribution < -0.4 is 10.1 Å². The molecular formula is C16H19NO2. The topological polar surface area (TPSA) is 38.3 Å². The maximum absolute atomic E-state index is 11.6. The number of amides is 1. The molecule has 0 aromatic heterocycles. The highest BCUT2D eigenvalue weighted by atomic mass is 16.5. The van der Waals surface area contributed by atoms with Crippen LogP contribution in [0, 0.1) is 5.92 Å². The second-order valence-corrected chi connectivity index (χ2v) is 6.05. The zero-order valence-electron chi connectivity index (χ0n) is 11.0. The minimum atomic E-state index is 0.263. The van der Waals surface area contributed by atoms with Gasteiger partial charge >= 0.3 is 0 Å². The van der Waals surface area contributed by atoms with Crippen LogP contribution in [0.5, 0.6) is 5.75 Å². The molecule has 1 N–H and O–H groups in total. The Labute approximate surface area is 113 Å². The molecule has 2 aliphatic carbocycles. The number of hydrogen-bond acceptors (Lipinski definition) is 2. The van der Waals surface area contributed by atoms with Crippen LogP contribution in [0.4, 0.5) is 0 Å². The van der Waals surface area contributed by atoms with Gasteiger partial charge in [0.1, 0.15) is 5.75 Å². The Bertz CT molecular complexity index is 521. The van der Waals surface area contributed by atoms with Gasteiger partial charge in [-0.05, 0) is 43.2 Å². The average Bonchev–Trinajstić information content (AvgIpc) is 3.12. The molecule has 4 rings (SSSR count). The van der Waals surface area contributed by atoms with E-state index in [-0.39, 0.29) is 5.91 Å². The molecule has 1 aliphatic heterocycles. The minimum Gasteiger partial charge on any atom is -0.493 e. The molecule has 0 saturated heterocycles. The normalized spacial score (nSPS) is 26.9. The first-order chi connectivity index (χ1) is 9.33. The molecule has 3 nitrogen and oxygen atoms in total. The highest BCUT2D eigenvalue weighted by Gasteiger charge is 2.37. The molecule has 1 saturated carbocycles.